The molecule has 7 heteroatoms. The molecule has 1 saturated carbocycles. The van der Waals surface area contributed by atoms with Crippen molar-refractivity contribution in [3.63, 3.8) is 0 Å². The van der Waals surface area contributed by atoms with Gasteiger partial charge in [0.15, 0.2) is 5.78 Å². The maximum atomic E-state index is 13.1. The maximum Gasteiger partial charge on any atom is 0.253 e. The first-order valence-corrected chi connectivity index (χ1v) is 11.2. The number of ketones is 1. The molecular weight excluding hydrogens is 404 g/mol. The summed E-state index contributed by atoms with van der Waals surface area (Å²) < 4.78 is 5.43. The summed E-state index contributed by atoms with van der Waals surface area (Å²) in [7, 11) is 0. The van der Waals surface area contributed by atoms with Crippen molar-refractivity contribution in [2.24, 2.45) is 0 Å². The molecule has 0 bridgehead atoms. The lowest BCUT2D eigenvalue weighted by molar-refractivity contribution is 0.0746. The zero-order valence-electron chi connectivity index (χ0n) is 18.2. The summed E-state index contributed by atoms with van der Waals surface area (Å²) in [6.07, 6.45) is 3.42. The lowest BCUT2D eigenvalue weighted by Gasteiger charge is -2.36. The average Bonchev–Trinajstić information content (AvgIpc) is 3.27. The summed E-state index contributed by atoms with van der Waals surface area (Å²) in [4.78, 5) is 33.3. The van der Waals surface area contributed by atoms with Crippen molar-refractivity contribution in [2.45, 2.75) is 32.1 Å². The minimum absolute atomic E-state index is 0.0149. The van der Waals surface area contributed by atoms with Gasteiger partial charge in [-0.3, -0.25) is 9.59 Å². The summed E-state index contributed by atoms with van der Waals surface area (Å²) in [5, 5.41) is 4.12. The Labute approximate surface area is 187 Å². The molecule has 1 aromatic heterocycles. The standard InChI is InChI=1S/C25H26N4O3/c1-17(30)18-8-10-22(11-9-18)28-12-14-29(15-13-28)25(31)21-7-3-6-20(16-21)23-26-24(32-27-23)19-4-2-5-19/h3,6-11,16,19H,2,4-5,12-15H2,1H3. The van der Waals surface area contributed by atoms with Gasteiger partial charge in [0.25, 0.3) is 5.91 Å². The lowest BCUT2D eigenvalue weighted by Crippen LogP contribution is -2.48. The monoisotopic (exact) mass is 430 g/mol. The summed E-state index contributed by atoms with van der Waals surface area (Å²) in [6.45, 7) is 4.36. The number of piperazine rings is 1. The van der Waals surface area contributed by atoms with Gasteiger partial charge in [0.1, 0.15) is 0 Å². The molecule has 2 fully saturated rings. The Morgan fingerprint density at radius 2 is 1.72 bits per heavy atom. The number of carbonyl (C=O) groups excluding carboxylic acids is 2. The largest absolute Gasteiger partial charge is 0.368 e. The molecule has 2 heterocycles. The highest BCUT2D eigenvalue weighted by Gasteiger charge is 2.26. The van der Waals surface area contributed by atoms with Gasteiger partial charge in [0.05, 0.1) is 0 Å². The van der Waals surface area contributed by atoms with Crippen LogP contribution >= 0.6 is 0 Å². The third-order valence-corrected chi connectivity index (χ3v) is 6.47. The molecule has 3 aromatic rings. The molecule has 1 amide bonds. The van der Waals surface area contributed by atoms with Crippen LogP contribution in [0.25, 0.3) is 11.4 Å². The fraction of sp³-hybridized carbons (Fsp3) is 0.360. The molecule has 1 aliphatic carbocycles. The van der Waals surface area contributed by atoms with Crippen molar-refractivity contribution >= 4 is 17.4 Å². The Hall–Kier alpha value is -3.48. The minimum Gasteiger partial charge on any atom is -0.368 e. The van der Waals surface area contributed by atoms with Crippen LogP contribution in [-0.2, 0) is 0 Å². The number of Topliss-reactive ketones (excluding diaryl/α,β-unsaturated/α-hetero) is 1. The molecule has 1 saturated heterocycles. The number of anilines is 1. The van der Waals surface area contributed by atoms with Crippen molar-refractivity contribution in [3.05, 3.63) is 65.5 Å². The number of nitrogens with zero attached hydrogens (tertiary/aromatic N) is 4. The van der Waals surface area contributed by atoms with Gasteiger partial charge >= 0.3 is 0 Å². The van der Waals surface area contributed by atoms with Gasteiger partial charge in [0.2, 0.25) is 11.7 Å². The lowest BCUT2D eigenvalue weighted by atomic mass is 9.85. The number of amides is 1. The van der Waals surface area contributed by atoms with E-state index >= 15 is 0 Å². The third kappa shape index (κ3) is 4.02. The van der Waals surface area contributed by atoms with Gasteiger partial charge in [-0.15, -0.1) is 0 Å². The highest BCUT2D eigenvalue weighted by atomic mass is 16.5. The highest BCUT2D eigenvalue weighted by Crippen LogP contribution is 2.36. The predicted molar refractivity (Wildman–Crippen MR) is 121 cm³/mol. The fourth-order valence-electron chi connectivity index (χ4n) is 4.22. The van der Waals surface area contributed by atoms with Gasteiger partial charge in [-0.05, 0) is 56.2 Å². The van der Waals surface area contributed by atoms with Gasteiger partial charge in [-0.1, -0.05) is 23.7 Å². The molecule has 0 unspecified atom stereocenters. The van der Waals surface area contributed by atoms with Crippen molar-refractivity contribution in [1.82, 2.24) is 15.0 Å². The first-order valence-electron chi connectivity index (χ1n) is 11.2. The van der Waals surface area contributed by atoms with E-state index in [4.69, 9.17) is 4.52 Å². The van der Waals surface area contributed by atoms with Crippen molar-refractivity contribution in [2.75, 3.05) is 31.1 Å². The number of carbonyl (C=O) groups is 2. The smallest absolute Gasteiger partial charge is 0.253 e. The van der Waals surface area contributed by atoms with E-state index in [1.54, 1.807) is 6.92 Å². The highest BCUT2D eigenvalue weighted by molar-refractivity contribution is 5.95. The predicted octanol–water partition coefficient (Wildman–Crippen LogP) is 4.17. The fourth-order valence-corrected chi connectivity index (χ4v) is 4.22. The van der Waals surface area contributed by atoms with Crippen LogP contribution in [-0.4, -0.2) is 52.9 Å². The molecular formula is C25H26N4O3. The summed E-state index contributed by atoms with van der Waals surface area (Å²) >= 11 is 0. The molecule has 0 radical (unpaired) electrons. The van der Waals surface area contributed by atoms with Crippen LogP contribution in [0, 0.1) is 0 Å². The van der Waals surface area contributed by atoms with E-state index in [9.17, 15) is 9.59 Å². The van der Waals surface area contributed by atoms with Gasteiger partial charge < -0.3 is 14.3 Å². The van der Waals surface area contributed by atoms with Crippen LogP contribution in [0.4, 0.5) is 5.69 Å². The van der Waals surface area contributed by atoms with E-state index in [0.29, 0.717) is 41.8 Å². The van der Waals surface area contributed by atoms with E-state index in [1.165, 1.54) is 6.42 Å². The zero-order chi connectivity index (χ0) is 22.1. The summed E-state index contributed by atoms with van der Waals surface area (Å²) in [6, 6.07) is 15.1. The van der Waals surface area contributed by atoms with Crippen LogP contribution in [0.2, 0.25) is 0 Å². The number of hydrogen-bond acceptors (Lipinski definition) is 6. The van der Waals surface area contributed by atoms with E-state index in [2.05, 4.69) is 15.0 Å². The molecule has 5 rings (SSSR count). The number of aromatic nitrogens is 2. The molecule has 2 aromatic carbocycles. The molecule has 1 aliphatic heterocycles. The Morgan fingerprint density at radius 3 is 2.38 bits per heavy atom. The SMILES string of the molecule is CC(=O)c1ccc(N2CCN(C(=O)c3cccc(-c4noc(C5CCC5)n4)c3)CC2)cc1. The van der Waals surface area contributed by atoms with Crippen molar-refractivity contribution in [1.29, 1.82) is 0 Å². The molecule has 164 valence electrons. The van der Waals surface area contributed by atoms with E-state index in [0.717, 1.165) is 37.2 Å². The quantitative estimate of drug-likeness (QED) is 0.565. The molecule has 0 spiro atoms. The molecule has 2 aliphatic rings. The molecule has 7 nitrogen and oxygen atoms in total. The number of rotatable bonds is 5. The Kier molecular flexibility index (Phi) is 5.47. The zero-order valence-corrected chi connectivity index (χ0v) is 18.2. The average molecular weight is 431 g/mol. The number of hydrogen-bond donors (Lipinski definition) is 0. The van der Waals surface area contributed by atoms with Crippen molar-refractivity contribution < 1.29 is 14.1 Å². The van der Waals surface area contributed by atoms with Crippen LogP contribution in [0.3, 0.4) is 0 Å². The van der Waals surface area contributed by atoms with E-state index < -0.39 is 0 Å². The second-order valence-electron chi connectivity index (χ2n) is 8.55. The van der Waals surface area contributed by atoms with E-state index in [-0.39, 0.29) is 11.7 Å². The Balaban J connectivity index is 1.24. The van der Waals surface area contributed by atoms with Crippen LogP contribution in [0.5, 0.6) is 0 Å². The Bertz CT molecular complexity index is 1130. The summed E-state index contributed by atoms with van der Waals surface area (Å²) in [5.74, 6) is 1.71. The molecule has 32 heavy (non-hydrogen) atoms. The first kappa shape index (κ1) is 20.4. The van der Waals surface area contributed by atoms with Crippen LogP contribution in [0.1, 0.15) is 58.7 Å². The normalized spacial score (nSPS) is 16.7. The maximum absolute atomic E-state index is 13.1. The van der Waals surface area contributed by atoms with Crippen LogP contribution < -0.4 is 4.90 Å². The molecule has 0 atom stereocenters. The van der Waals surface area contributed by atoms with Gasteiger partial charge in [-0.2, -0.15) is 4.98 Å². The summed E-state index contributed by atoms with van der Waals surface area (Å²) in [5.41, 5.74) is 3.22. The minimum atomic E-state index is 0.0149. The topological polar surface area (TPSA) is 79.5 Å². The number of benzene rings is 2. The van der Waals surface area contributed by atoms with E-state index in [1.807, 2.05) is 53.4 Å². The second-order valence-corrected chi connectivity index (χ2v) is 8.55. The molecule has 0 N–H and O–H groups in total. The van der Waals surface area contributed by atoms with Gasteiger partial charge in [-0.25, -0.2) is 0 Å². The third-order valence-electron chi connectivity index (χ3n) is 6.47. The van der Waals surface area contributed by atoms with Crippen molar-refractivity contribution in [3.8, 4) is 11.4 Å². The van der Waals surface area contributed by atoms with Crippen LogP contribution in [0.15, 0.2) is 53.1 Å². The first-order chi connectivity index (χ1) is 15.6. The second kappa shape index (κ2) is 8.57. The van der Waals surface area contributed by atoms with Gasteiger partial charge in [0, 0.05) is 54.5 Å². The Morgan fingerprint density at radius 1 is 0.969 bits per heavy atom.